The number of rotatable bonds is 1. The van der Waals surface area contributed by atoms with Gasteiger partial charge < -0.3 is 0 Å². The number of pyridine rings is 1. The summed E-state index contributed by atoms with van der Waals surface area (Å²) in [5.74, 6) is 0. The van der Waals surface area contributed by atoms with Crippen molar-refractivity contribution in [3.05, 3.63) is 21.9 Å². The SMILES string of the molecule is Cc1cc(Cl)nc(Cl)c1S(=O)(=O)Cl. The lowest BCUT2D eigenvalue weighted by atomic mass is 10.3. The predicted octanol–water partition coefficient (Wildman–Crippen LogP) is 2.62. The first-order chi connectivity index (χ1) is 5.82. The highest BCUT2D eigenvalue weighted by molar-refractivity contribution is 8.13. The zero-order valence-corrected chi connectivity index (χ0v) is 9.47. The van der Waals surface area contributed by atoms with Crippen LogP contribution in [0.3, 0.4) is 0 Å². The number of nitrogens with zero attached hydrogens (tertiary/aromatic N) is 1. The molecule has 0 unspecified atom stereocenters. The number of hydrogen-bond donors (Lipinski definition) is 0. The van der Waals surface area contributed by atoms with E-state index in [4.69, 9.17) is 33.9 Å². The van der Waals surface area contributed by atoms with Gasteiger partial charge in [0, 0.05) is 10.7 Å². The standard InChI is InChI=1S/C6H4Cl3NO2S/c1-3-2-4(7)10-6(8)5(3)13(9,11)12/h2H,1H3. The average Bonchev–Trinajstić information content (AvgIpc) is 1.78. The molecule has 13 heavy (non-hydrogen) atoms. The highest BCUT2D eigenvalue weighted by Crippen LogP contribution is 2.28. The van der Waals surface area contributed by atoms with Crippen molar-refractivity contribution in [2.24, 2.45) is 0 Å². The van der Waals surface area contributed by atoms with Crippen LogP contribution < -0.4 is 0 Å². The van der Waals surface area contributed by atoms with Gasteiger partial charge in [-0.25, -0.2) is 13.4 Å². The van der Waals surface area contributed by atoms with Crippen LogP contribution in [-0.4, -0.2) is 13.4 Å². The monoisotopic (exact) mass is 259 g/mol. The maximum Gasteiger partial charge on any atom is 0.264 e. The maximum absolute atomic E-state index is 11.0. The summed E-state index contributed by atoms with van der Waals surface area (Å²) in [6.07, 6.45) is 0. The van der Waals surface area contributed by atoms with Gasteiger partial charge in [-0.15, -0.1) is 0 Å². The van der Waals surface area contributed by atoms with Crippen molar-refractivity contribution >= 4 is 42.9 Å². The number of halogens is 3. The van der Waals surface area contributed by atoms with Crippen LogP contribution in [0.4, 0.5) is 0 Å². The Balaban J connectivity index is 3.57. The second-order valence-corrected chi connectivity index (χ2v) is 5.57. The third-order valence-corrected chi connectivity index (χ3v) is 3.37. The minimum atomic E-state index is -3.86. The molecule has 0 atom stereocenters. The summed E-state index contributed by atoms with van der Waals surface area (Å²) >= 11 is 11.1. The summed E-state index contributed by atoms with van der Waals surface area (Å²) in [4.78, 5) is 3.37. The van der Waals surface area contributed by atoms with Gasteiger partial charge in [0.2, 0.25) is 0 Å². The van der Waals surface area contributed by atoms with Crippen molar-refractivity contribution in [3.63, 3.8) is 0 Å². The molecule has 0 radical (unpaired) electrons. The first-order valence-electron chi connectivity index (χ1n) is 3.09. The van der Waals surface area contributed by atoms with E-state index in [1.165, 1.54) is 13.0 Å². The van der Waals surface area contributed by atoms with Gasteiger partial charge >= 0.3 is 0 Å². The van der Waals surface area contributed by atoms with E-state index < -0.39 is 9.05 Å². The van der Waals surface area contributed by atoms with E-state index in [1.807, 2.05) is 0 Å². The van der Waals surface area contributed by atoms with Gasteiger partial charge in [-0.3, -0.25) is 0 Å². The molecule has 0 aliphatic heterocycles. The van der Waals surface area contributed by atoms with E-state index in [1.54, 1.807) is 0 Å². The molecule has 3 nitrogen and oxygen atoms in total. The molecule has 0 saturated heterocycles. The molecule has 0 spiro atoms. The quantitative estimate of drug-likeness (QED) is 0.576. The molecule has 0 aliphatic carbocycles. The third kappa shape index (κ3) is 2.47. The minimum Gasteiger partial charge on any atom is -0.223 e. The number of hydrogen-bond acceptors (Lipinski definition) is 3. The molecule has 0 fully saturated rings. The summed E-state index contributed by atoms with van der Waals surface area (Å²) in [5, 5.41) is -0.0773. The Morgan fingerprint density at radius 3 is 2.31 bits per heavy atom. The van der Waals surface area contributed by atoms with Crippen LogP contribution in [0, 0.1) is 6.92 Å². The lowest BCUT2D eigenvalue weighted by Gasteiger charge is -2.03. The molecular formula is C6H4Cl3NO2S. The zero-order valence-electron chi connectivity index (χ0n) is 6.38. The molecular weight excluding hydrogens is 256 g/mol. The van der Waals surface area contributed by atoms with Crippen LogP contribution in [0.15, 0.2) is 11.0 Å². The second-order valence-electron chi connectivity index (χ2n) is 2.32. The van der Waals surface area contributed by atoms with Crippen LogP contribution in [-0.2, 0) is 9.05 Å². The van der Waals surface area contributed by atoms with Gasteiger partial charge in [0.15, 0.2) is 5.15 Å². The lowest BCUT2D eigenvalue weighted by Crippen LogP contribution is -1.98. The van der Waals surface area contributed by atoms with E-state index in [9.17, 15) is 8.42 Å². The molecule has 0 amide bonds. The maximum atomic E-state index is 11.0. The molecule has 0 N–H and O–H groups in total. The zero-order chi connectivity index (χ0) is 10.2. The van der Waals surface area contributed by atoms with E-state index >= 15 is 0 Å². The summed E-state index contributed by atoms with van der Waals surface area (Å²) in [6, 6.07) is 1.38. The Labute approximate surface area is 90.1 Å². The van der Waals surface area contributed by atoms with Gasteiger partial charge in [0.1, 0.15) is 10.0 Å². The van der Waals surface area contributed by atoms with Gasteiger partial charge in [-0.2, -0.15) is 0 Å². The van der Waals surface area contributed by atoms with Gasteiger partial charge in [0.05, 0.1) is 0 Å². The van der Waals surface area contributed by atoms with E-state index in [-0.39, 0.29) is 15.2 Å². The Morgan fingerprint density at radius 1 is 1.38 bits per heavy atom. The van der Waals surface area contributed by atoms with Crippen molar-refractivity contribution in [1.29, 1.82) is 0 Å². The fourth-order valence-corrected chi connectivity index (χ4v) is 3.11. The Morgan fingerprint density at radius 2 is 1.92 bits per heavy atom. The normalized spacial score (nSPS) is 11.7. The molecule has 7 heteroatoms. The highest BCUT2D eigenvalue weighted by Gasteiger charge is 2.19. The molecule has 1 heterocycles. The van der Waals surface area contributed by atoms with Crippen LogP contribution in [0.25, 0.3) is 0 Å². The van der Waals surface area contributed by atoms with Crippen LogP contribution in [0.1, 0.15) is 5.56 Å². The fourth-order valence-electron chi connectivity index (χ4n) is 0.877. The van der Waals surface area contributed by atoms with Gasteiger partial charge in [0.25, 0.3) is 9.05 Å². The minimum absolute atomic E-state index is 0.131. The third-order valence-electron chi connectivity index (χ3n) is 1.33. The van der Waals surface area contributed by atoms with E-state index in [0.29, 0.717) is 5.56 Å². The number of aryl methyl sites for hydroxylation is 1. The average molecular weight is 261 g/mol. The first kappa shape index (κ1) is 11.0. The Kier molecular flexibility index (Phi) is 3.07. The molecule has 1 aromatic rings. The van der Waals surface area contributed by atoms with Crippen LogP contribution in [0.5, 0.6) is 0 Å². The molecule has 0 saturated carbocycles. The number of aromatic nitrogens is 1. The Bertz CT molecular complexity index is 420. The first-order valence-corrected chi connectivity index (χ1v) is 6.16. The van der Waals surface area contributed by atoms with Crippen molar-refractivity contribution in [3.8, 4) is 0 Å². The van der Waals surface area contributed by atoms with Crippen molar-refractivity contribution in [1.82, 2.24) is 4.98 Å². The smallest absolute Gasteiger partial charge is 0.223 e. The molecule has 1 aromatic heterocycles. The molecule has 0 aliphatic rings. The summed E-state index contributed by atoms with van der Waals surface area (Å²) in [7, 11) is 1.26. The van der Waals surface area contributed by atoms with E-state index in [0.717, 1.165) is 0 Å². The summed E-state index contributed by atoms with van der Waals surface area (Å²) < 4.78 is 22.0. The summed E-state index contributed by atoms with van der Waals surface area (Å²) in [6.45, 7) is 1.54. The van der Waals surface area contributed by atoms with Crippen molar-refractivity contribution in [2.75, 3.05) is 0 Å². The summed E-state index contributed by atoms with van der Waals surface area (Å²) in [5.41, 5.74) is 0.375. The molecule has 72 valence electrons. The molecule has 1 rings (SSSR count). The van der Waals surface area contributed by atoms with Gasteiger partial charge in [-0.05, 0) is 18.6 Å². The predicted molar refractivity (Wildman–Crippen MR) is 52.0 cm³/mol. The van der Waals surface area contributed by atoms with Crippen LogP contribution >= 0.6 is 33.9 Å². The topological polar surface area (TPSA) is 47.0 Å². The van der Waals surface area contributed by atoms with Crippen molar-refractivity contribution in [2.45, 2.75) is 11.8 Å². The highest BCUT2D eigenvalue weighted by atomic mass is 35.7. The van der Waals surface area contributed by atoms with E-state index in [2.05, 4.69) is 4.98 Å². The lowest BCUT2D eigenvalue weighted by molar-refractivity contribution is 0.608. The van der Waals surface area contributed by atoms with Crippen LogP contribution in [0.2, 0.25) is 10.3 Å². The van der Waals surface area contributed by atoms with Gasteiger partial charge in [-0.1, -0.05) is 23.2 Å². The second kappa shape index (κ2) is 3.61. The fraction of sp³-hybridized carbons (Fsp3) is 0.167. The molecule has 0 bridgehead atoms. The largest absolute Gasteiger partial charge is 0.264 e. The Hall–Kier alpha value is -0.0300. The van der Waals surface area contributed by atoms with Crippen molar-refractivity contribution < 1.29 is 8.42 Å². The molecule has 0 aromatic carbocycles.